The van der Waals surface area contributed by atoms with Crippen LogP contribution in [0.15, 0.2) is 17.2 Å². The molecule has 1 saturated carbocycles. The van der Waals surface area contributed by atoms with Crippen LogP contribution in [0.5, 0.6) is 0 Å². The van der Waals surface area contributed by atoms with E-state index in [-0.39, 0.29) is 23.2 Å². The van der Waals surface area contributed by atoms with Crippen molar-refractivity contribution in [2.24, 2.45) is 0 Å². The molecule has 1 fully saturated rings. The van der Waals surface area contributed by atoms with E-state index in [1.807, 2.05) is 0 Å². The number of nitrogens with one attached hydrogen (secondary N) is 1. The van der Waals surface area contributed by atoms with Crippen molar-refractivity contribution in [1.82, 2.24) is 10.3 Å². The van der Waals surface area contributed by atoms with Gasteiger partial charge in [-0.15, -0.1) is 0 Å². The Morgan fingerprint density at radius 1 is 1.61 bits per heavy atom. The number of hydrogen-bond donors (Lipinski definition) is 2. The van der Waals surface area contributed by atoms with Crippen LogP contribution in [0, 0.1) is 10.1 Å². The summed E-state index contributed by atoms with van der Waals surface area (Å²) < 4.78 is 0. The van der Waals surface area contributed by atoms with E-state index in [0.717, 1.165) is 12.8 Å². The fourth-order valence-electron chi connectivity index (χ4n) is 1.32. The van der Waals surface area contributed by atoms with Gasteiger partial charge in [-0.1, -0.05) is 11.8 Å². The summed E-state index contributed by atoms with van der Waals surface area (Å²) in [5.41, 5.74) is 5.23. The molecule has 0 unspecified atom stereocenters. The molecule has 1 amide bonds. The number of nitrogens with two attached hydrogens (primary N) is 1. The molecule has 1 aromatic heterocycles. The second-order valence-electron chi connectivity index (χ2n) is 3.94. The molecule has 1 aliphatic rings. The van der Waals surface area contributed by atoms with E-state index in [0.29, 0.717) is 11.1 Å². The number of carbonyl (C=O) groups is 1. The predicted octanol–water partition coefficient (Wildman–Crippen LogP) is 0.943. The third-order valence-corrected chi connectivity index (χ3v) is 3.30. The van der Waals surface area contributed by atoms with Crippen LogP contribution in [0.3, 0.4) is 0 Å². The lowest BCUT2D eigenvalue weighted by Gasteiger charge is -2.03. The topological polar surface area (TPSA) is 111 Å². The Hall–Kier alpha value is -1.83. The van der Waals surface area contributed by atoms with Gasteiger partial charge in [0.15, 0.2) is 0 Å². The van der Waals surface area contributed by atoms with Crippen molar-refractivity contribution in [3.8, 4) is 0 Å². The summed E-state index contributed by atoms with van der Waals surface area (Å²) in [6, 6.07) is 3.11. The van der Waals surface area contributed by atoms with Crippen LogP contribution in [0.4, 0.5) is 11.5 Å². The fraction of sp³-hybridized carbons (Fsp3) is 0.400. The molecular weight excluding hydrogens is 256 g/mol. The second kappa shape index (κ2) is 5.21. The van der Waals surface area contributed by atoms with E-state index >= 15 is 0 Å². The third-order valence-electron chi connectivity index (χ3n) is 2.37. The lowest BCUT2D eigenvalue weighted by Crippen LogP contribution is -2.27. The molecule has 8 heteroatoms. The zero-order valence-electron chi connectivity index (χ0n) is 9.46. The number of aromatic nitrogens is 1. The maximum atomic E-state index is 11.4. The van der Waals surface area contributed by atoms with Crippen LogP contribution in [-0.4, -0.2) is 27.6 Å². The highest BCUT2D eigenvalue weighted by atomic mass is 32.2. The van der Waals surface area contributed by atoms with Crippen LogP contribution in [0.1, 0.15) is 12.8 Å². The molecule has 0 aliphatic heterocycles. The van der Waals surface area contributed by atoms with Gasteiger partial charge in [0.1, 0.15) is 0 Å². The molecule has 3 N–H and O–H groups in total. The molecule has 1 aromatic rings. The maximum Gasteiger partial charge on any atom is 0.311 e. The number of carbonyl (C=O) groups excluding carboxylic acids is 1. The van der Waals surface area contributed by atoms with E-state index in [2.05, 4.69) is 10.3 Å². The van der Waals surface area contributed by atoms with E-state index in [4.69, 9.17) is 5.73 Å². The number of nitrogens with zero attached hydrogens (tertiary/aromatic N) is 2. The molecule has 1 aliphatic carbocycles. The Balaban J connectivity index is 1.90. The molecule has 0 saturated heterocycles. The molecule has 7 nitrogen and oxygen atoms in total. The van der Waals surface area contributed by atoms with Crippen LogP contribution < -0.4 is 11.1 Å². The summed E-state index contributed by atoms with van der Waals surface area (Å²) in [6.45, 7) is 0. The average Bonchev–Trinajstić information content (AvgIpc) is 3.10. The van der Waals surface area contributed by atoms with E-state index in [1.165, 1.54) is 23.9 Å². The normalized spacial score (nSPS) is 14.2. The molecule has 0 spiro atoms. The van der Waals surface area contributed by atoms with Gasteiger partial charge in [0.05, 0.1) is 15.7 Å². The van der Waals surface area contributed by atoms with Gasteiger partial charge in [0.25, 0.3) is 0 Å². The van der Waals surface area contributed by atoms with Crippen molar-refractivity contribution in [3.05, 3.63) is 22.2 Å². The minimum absolute atomic E-state index is 0.0544. The summed E-state index contributed by atoms with van der Waals surface area (Å²) in [5, 5.41) is 13.9. The van der Waals surface area contributed by atoms with Gasteiger partial charge in [0, 0.05) is 12.1 Å². The van der Waals surface area contributed by atoms with Crippen molar-refractivity contribution in [1.29, 1.82) is 0 Å². The molecule has 2 rings (SSSR count). The molecule has 18 heavy (non-hydrogen) atoms. The van der Waals surface area contributed by atoms with Gasteiger partial charge < -0.3 is 11.1 Å². The summed E-state index contributed by atoms with van der Waals surface area (Å²) >= 11 is 1.21. The molecular formula is C10H12N4O3S. The zero-order chi connectivity index (χ0) is 13.1. The average molecular weight is 268 g/mol. The highest BCUT2D eigenvalue weighted by Crippen LogP contribution is 2.24. The number of rotatable bonds is 5. The van der Waals surface area contributed by atoms with Crippen LogP contribution in [-0.2, 0) is 4.79 Å². The zero-order valence-corrected chi connectivity index (χ0v) is 10.3. The van der Waals surface area contributed by atoms with Crippen LogP contribution in [0.2, 0.25) is 0 Å². The first kappa shape index (κ1) is 12.6. The van der Waals surface area contributed by atoms with Crippen molar-refractivity contribution in [2.75, 3.05) is 11.5 Å². The Bertz CT molecular complexity index is 490. The van der Waals surface area contributed by atoms with Gasteiger partial charge in [0.2, 0.25) is 11.7 Å². The second-order valence-corrected chi connectivity index (χ2v) is 4.94. The van der Waals surface area contributed by atoms with Gasteiger partial charge in [-0.2, -0.15) is 0 Å². The third kappa shape index (κ3) is 3.33. The largest absolute Gasteiger partial charge is 0.378 e. The number of thioether (sulfide) groups is 1. The molecule has 0 aromatic carbocycles. The molecule has 0 radical (unpaired) electrons. The molecule has 96 valence electrons. The number of hydrogen-bond acceptors (Lipinski definition) is 6. The molecule has 0 atom stereocenters. The maximum absolute atomic E-state index is 11.4. The lowest BCUT2D eigenvalue weighted by atomic mass is 10.4. The first-order valence-corrected chi connectivity index (χ1v) is 6.38. The number of anilines is 1. The molecule has 0 bridgehead atoms. The van der Waals surface area contributed by atoms with Gasteiger partial charge in [-0.25, -0.2) is 4.98 Å². The van der Waals surface area contributed by atoms with Gasteiger partial charge in [-0.3, -0.25) is 14.9 Å². The van der Waals surface area contributed by atoms with Gasteiger partial charge >= 0.3 is 5.69 Å². The monoisotopic (exact) mass is 268 g/mol. The Kier molecular flexibility index (Phi) is 3.66. The van der Waals surface area contributed by atoms with Crippen molar-refractivity contribution in [2.45, 2.75) is 23.9 Å². The number of amides is 1. The Morgan fingerprint density at radius 2 is 2.33 bits per heavy atom. The number of pyridine rings is 1. The van der Waals surface area contributed by atoms with Crippen LogP contribution >= 0.6 is 11.8 Å². The predicted molar refractivity (Wildman–Crippen MR) is 67.2 cm³/mol. The Morgan fingerprint density at radius 3 is 2.89 bits per heavy atom. The standard InChI is InChI=1S/C10H12N4O3S/c11-10-7(14(16)17)3-4-9(13-10)18-5-8(15)12-6-1-2-6/h3-4,6H,1-2,5H2,(H2,11,13)(H,12,15). The van der Waals surface area contributed by atoms with E-state index < -0.39 is 4.92 Å². The van der Waals surface area contributed by atoms with Gasteiger partial charge in [-0.05, 0) is 18.9 Å². The fourth-order valence-corrected chi connectivity index (χ4v) is 2.01. The number of nitrogen functional groups attached to an aromatic ring is 1. The first-order valence-electron chi connectivity index (χ1n) is 5.39. The summed E-state index contributed by atoms with van der Waals surface area (Å²) in [4.78, 5) is 25.3. The highest BCUT2D eigenvalue weighted by Gasteiger charge is 2.23. The van der Waals surface area contributed by atoms with Crippen LogP contribution in [0.25, 0.3) is 0 Å². The van der Waals surface area contributed by atoms with E-state index in [1.54, 1.807) is 0 Å². The summed E-state index contributed by atoms with van der Waals surface area (Å²) in [7, 11) is 0. The minimum atomic E-state index is -0.587. The van der Waals surface area contributed by atoms with E-state index in [9.17, 15) is 14.9 Å². The SMILES string of the molecule is Nc1nc(SCC(=O)NC2CC2)ccc1[N+](=O)[O-]. The minimum Gasteiger partial charge on any atom is -0.378 e. The smallest absolute Gasteiger partial charge is 0.311 e. The number of nitro groups is 1. The first-order chi connectivity index (χ1) is 8.56. The highest BCUT2D eigenvalue weighted by molar-refractivity contribution is 7.99. The molecule has 1 heterocycles. The summed E-state index contributed by atoms with van der Waals surface area (Å²) in [6.07, 6.45) is 2.08. The van der Waals surface area contributed by atoms with Crippen molar-refractivity contribution >= 4 is 29.2 Å². The Labute approximate surface area is 107 Å². The van der Waals surface area contributed by atoms with Crippen molar-refractivity contribution in [3.63, 3.8) is 0 Å². The lowest BCUT2D eigenvalue weighted by molar-refractivity contribution is -0.384. The van der Waals surface area contributed by atoms with Crippen molar-refractivity contribution < 1.29 is 9.72 Å². The quantitative estimate of drug-likeness (QED) is 0.467. The summed E-state index contributed by atoms with van der Waals surface area (Å²) in [5.74, 6) is 0.0506.